The maximum Gasteiger partial charge on any atom is 0.242 e. The monoisotopic (exact) mass is 342 g/mol. The van der Waals surface area contributed by atoms with E-state index in [1.54, 1.807) is 7.11 Å². The molecule has 0 aliphatic carbocycles. The molecule has 110 valence electrons. The van der Waals surface area contributed by atoms with Gasteiger partial charge in [0.05, 0.1) is 32.1 Å². The van der Waals surface area contributed by atoms with Gasteiger partial charge in [-0.2, -0.15) is 0 Å². The molecule has 0 unspecified atom stereocenters. The van der Waals surface area contributed by atoms with Gasteiger partial charge in [0.1, 0.15) is 5.75 Å². The molecule has 20 heavy (non-hydrogen) atoms. The smallest absolute Gasteiger partial charge is 0.242 e. The fourth-order valence-electron chi connectivity index (χ4n) is 2.09. The molecule has 0 spiro atoms. The van der Waals surface area contributed by atoms with Crippen molar-refractivity contribution in [2.24, 2.45) is 0 Å². The molecule has 1 saturated heterocycles. The summed E-state index contributed by atoms with van der Waals surface area (Å²) < 4.78 is 11.5. The average Bonchev–Trinajstić information content (AvgIpc) is 2.46. The largest absolute Gasteiger partial charge is 0.497 e. The van der Waals surface area contributed by atoms with Gasteiger partial charge >= 0.3 is 0 Å². The topological polar surface area (TPSA) is 50.8 Å². The van der Waals surface area contributed by atoms with E-state index in [1.807, 2.05) is 30.0 Å². The zero-order chi connectivity index (χ0) is 14.5. The van der Waals surface area contributed by atoms with Gasteiger partial charge in [0, 0.05) is 23.6 Å². The van der Waals surface area contributed by atoms with Crippen molar-refractivity contribution in [2.45, 2.75) is 13.0 Å². The molecule has 1 aromatic carbocycles. The molecule has 5 nitrogen and oxygen atoms in total. The van der Waals surface area contributed by atoms with Crippen LogP contribution in [0.15, 0.2) is 22.7 Å². The predicted molar refractivity (Wildman–Crippen MR) is 81.2 cm³/mol. The number of nitrogens with one attached hydrogen (secondary N) is 1. The minimum atomic E-state index is 0.0786. The first-order valence-electron chi connectivity index (χ1n) is 6.57. The number of carbonyl (C=O) groups is 1. The van der Waals surface area contributed by atoms with Crippen molar-refractivity contribution in [2.75, 3.05) is 38.7 Å². The molecule has 1 aromatic rings. The Bertz CT molecular complexity index is 481. The SMILES string of the molecule is COc1ccc(Br)c(NCC(=O)N2CCO[C@@H](C)C2)c1. The zero-order valence-electron chi connectivity index (χ0n) is 11.7. The third-order valence-electron chi connectivity index (χ3n) is 3.20. The molecule has 0 bridgehead atoms. The van der Waals surface area contributed by atoms with Gasteiger partial charge in [-0.3, -0.25) is 4.79 Å². The van der Waals surface area contributed by atoms with Crippen LogP contribution in [0.1, 0.15) is 6.92 Å². The van der Waals surface area contributed by atoms with Crippen LogP contribution in [-0.2, 0) is 9.53 Å². The van der Waals surface area contributed by atoms with E-state index in [4.69, 9.17) is 9.47 Å². The number of benzene rings is 1. The normalized spacial score (nSPS) is 18.8. The number of methoxy groups -OCH3 is 1. The first kappa shape index (κ1) is 15.1. The van der Waals surface area contributed by atoms with Crippen molar-refractivity contribution in [3.63, 3.8) is 0 Å². The molecule has 1 fully saturated rings. The summed E-state index contributed by atoms with van der Waals surface area (Å²) in [5.74, 6) is 0.831. The average molecular weight is 343 g/mol. The summed E-state index contributed by atoms with van der Waals surface area (Å²) in [4.78, 5) is 14.0. The van der Waals surface area contributed by atoms with Crippen molar-refractivity contribution in [3.05, 3.63) is 22.7 Å². The Kier molecular flexibility index (Phi) is 5.25. The summed E-state index contributed by atoms with van der Waals surface area (Å²) in [6.45, 7) is 4.16. The van der Waals surface area contributed by atoms with Crippen LogP contribution in [0, 0.1) is 0 Å². The van der Waals surface area contributed by atoms with Crippen LogP contribution in [0.5, 0.6) is 5.75 Å². The molecule has 6 heteroatoms. The van der Waals surface area contributed by atoms with E-state index in [1.165, 1.54) is 0 Å². The summed E-state index contributed by atoms with van der Waals surface area (Å²) >= 11 is 3.45. The van der Waals surface area contributed by atoms with E-state index in [-0.39, 0.29) is 18.6 Å². The second kappa shape index (κ2) is 6.95. The lowest BCUT2D eigenvalue weighted by atomic mass is 10.2. The molecule has 0 saturated carbocycles. The Morgan fingerprint density at radius 2 is 2.40 bits per heavy atom. The summed E-state index contributed by atoms with van der Waals surface area (Å²) in [6, 6.07) is 5.61. The first-order chi connectivity index (χ1) is 9.60. The van der Waals surface area contributed by atoms with Crippen molar-refractivity contribution >= 4 is 27.5 Å². The van der Waals surface area contributed by atoms with E-state index in [2.05, 4.69) is 21.2 Å². The number of amides is 1. The number of nitrogens with zero attached hydrogens (tertiary/aromatic N) is 1. The standard InChI is InChI=1S/C14H19BrN2O3/c1-10-9-17(5-6-20-10)14(18)8-16-13-7-11(19-2)3-4-12(13)15/h3-4,7,10,16H,5-6,8-9H2,1-2H3/t10-/m0/s1. The van der Waals surface area contributed by atoms with Crippen LogP contribution in [0.25, 0.3) is 0 Å². The molecule has 0 aromatic heterocycles. The number of hydrogen-bond acceptors (Lipinski definition) is 4. The summed E-state index contributed by atoms with van der Waals surface area (Å²) in [5, 5.41) is 3.14. The number of rotatable bonds is 4. The van der Waals surface area contributed by atoms with Gasteiger partial charge in [-0.15, -0.1) is 0 Å². The van der Waals surface area contributed by atoms with E-state index in [0.717, 1.165) is 15.9 Å². The third kappa shape index (κ3) is 3.86. The molecule has 0 radical (unpaired) electrons. The second-order valence-electron chi connectivity index (χ2n) is 4.72. The highest BCUT2D eigenvalue weighted by Gasteiger charge is 2.21. The Morgan fingerprint density at radius 3 is 3.10 bits per heavy atom. The number of halogens is 1. The molecule has 1 aliphatic rings. The molecular weight excluding hydrogens is 324 g/mol. The van der Waals surface area contributed by atoms with Crippen LogP contribution in [-0.4, -0.2) is 50.3 Å². The van der Waals surface area contributed by atoms with Gasteiger partial charge in [-0.25, -0.2) is 0 Å². The van der Waals surface area contributed by atoms with E-state index >= 15 is 0 Å². The van der Waals surface area contributed by atoms with Crippen LogP contribution in [0.2, 0.25) is 0 Å². The Hall–Kier alpha value is -1.27. The molecule has 1 heterocycles. The maximum atomic E-state index is 12.1. The lowest BCUT2D eigenvalue weighted by Crippen LogP contribution is -2.46. The summed E-state index contributed by atoms with van der Waals surface area (Å²) in [7, 11) is 1.62. The highest BCUT2D eigenvalue weighted by atomic mass is 79.9. The Labute approximate surface area is 127 Å². The van der Waals surface area contributed by atoms with Crippen LogP contribution >= 0.6 is 15.9 Å². The van der Waals surface area contributed by atoms with Crippen LogP contribution < -0.4 is 10.1 Å². The Morgan fingerprint density at radius 1 is 1.60 bits per heavy atom. The first-order valence-corrected chi connectivity index (χ1v) is 7.36. The molecule has 2 rings (SSSR count). The Balaban J connectivity index is 1.92. The molecule has 1 atom stereocenters. The fraction of sp³-hybridized carbons (Fsp3) is 0.500. The molecule has 1 amide bonds. The van der Waals surface area contributed by atoms with Crippen LogP contribution in [0.3, 0.4) is 0 Å². The predicted octanol–water partition coefficient (Wildman–Crippen LogP) is 2.12. The molecule has 1 aliphatic heterocycles. The third-order valence-corrected chi connectivity index (χ3v) is 3.89. The van der Waals surface area contributed by atoms with Gasteiger partial charge in [0.15, 0.2) is 0 Å². The van der Waals surface area contributed by atoms with E-state index in [0.29, 0.717) is 19.7 Å². The molecular formula is C14H19BrN2O3. The molecule has 1 N–H and O–H groups in total. The highest BCUT2D eigenvalue weighted by Crippen LogP contribution is 2.26. The quantitative estimate of drug-likeness (QED) is 0.910. The minimum Gasteiger partial charge on any atom is -0.497 e. The van der Waals surface area contributed by atoms with Crippen molar-refractivity contribution < 1.29 is 14.3 Å². The van der Waals surface area contributed by atoms with Crippen molar-refractivity contribution in [1.82, 2.24) is 4.90 Å². The lowest BCUT2D eigenvalue weighted by Gasteiger charge is -2.31. The van der Waals surface area contributed by atoms with E-state index in [9.17, 15) is 4.79 Å². The summed E-state index contributed by atoms with van der Waals surface area (Å²) in [6.07, 6.45) is 0.108. The number of morpholine rings is 1. The minimum absolute atomic E-state index is 0.0786. The fourth-order valence-corrected chi connectivity index (χ4v) is 2.48. The van der Waals surface area contributed by atoms with Crippen molar-refractivity contribution in [3.8, 4) is 5.75 Å². The van der Waals surface area contributed by atoms with Crippen LogP contribution in [0.4, 0.5) is 5.69 Å². The number of anilines is 1. The number of ether oxygens (including phenoxy) is 2. The summed E-state index contributed by atoms with van der Waals surface area (Å²) in [5.41, 5.74) is 0.846. The maximum absolute atomic E-state index is 12.1. The van der Waals surface area contributed by atoms with Gasteiger partial charge < -0.3 is 19.7 Å². The number of hydrogen-bond donors (Lipinski definition) is 1. The number of carbonyl (C=O) groups excluding carboxylic acids is 1. The highest BCUT2D eigenvalue weighted by molar-refractivity contribution is 9.10. The zero-order valence-corrected chi connectivity index (χ0v) is 13.3. The van der Waals surface area contributed by atoms with E-state index < -0.39 is 0 Å². The van der Waals surface area contributed by atoms with Gasteiger partial charge in [-0.1, -0.05) is 0 Å². The second-order valence-corrected chi connectivity index (χ2v) is 5.57. The van der Waals surface area contributed by atoms with Gasteiger partial charge in [0.2, 0.25) is 5.91 Å². The van der Waals surface area contributed by atoms with Crippen molar-refractivity contribution in [1.29, 1.82) is 0 Å². The van der Waals surface area contributed by atoms with Gasteiger partial charge in [-0.05, 0) is 35.0 Å². The van der Waals surface area contributed by atoms with Gasteiger partial charge in [0.25, 0.3) is 0 Å². The lowest BCUT2D eigenvalue weighted by molar-refractivity contribution is -0.136.